The molecule has 1 amide bonds. The van der Waals surface area contributed by atoms with Crippen LogP contribution in [0, 0.1) is 6.92 Å². The Kier molecular flexibility index (Phi) is 3.80. The number of anilines is 2. The lowest BCUT2D eigenvalue weighted by atomic mass is 10.1. The standard InChI is InChI=1S/C17H17N5O/c1-11-3-4-12(16-6-8-20-22(16)2)9-15(11)21-17(23)13-10-19-7-5-14(13)18/h3-10H,1-2H3,(H2,18,19)(H,21,23). The lowest BCUT2D eigenvalue weighted by molar-refractivity contribution is 0.102. The molecule has 0 unspecified atom stereocenters. The fourth-order valence-corrected chi connectivity index (χ4v) is 2.36. The van der Waals surface area contributed by atoms with Crippen LogP contribution in [0.1, 0.15) is 15.9 Å². The molecule has 0 aliphatic rings. The van der Waals surface area contributed by atoms with Gasteiger partial charge in [0, 0.05) is 42.6 Å². The van der Waals surface area contributed by atoms with Gasteiger partial charge in [-0.2, -0.15) is 5.10 Å². The first kappa shape index (κ1) is 14.8. The molecule has 2 heterocycles. The van der Waals surface area contributed by atoms with Crippen molar-refractivity contribution in [1.82, 2.24) is 14.8 Å². The molecule has 2 aromatic heterocycles. The molecule has 0 aliphatic carbocycles. The van der Waals surface area contributed by atoms with Gasteiger partial charge in [-0.25, -0.2) is 0 Å². The minimum absolute atomic E-state index is 0.277. The largest absolute Gasteiger partial charge is 0.398 e. The Morgan fingerprint density at radius 2 is 2.04 bits per heavy atom. The van der Waals surface area contributed by atoms with Gasteiger partial charge < -0.3 is 11.1 Å². The van der Waals surface area contributed by atoms with E-state index in [0.29, 0.717) is 11.3 Å². The summed E-state index contributed by atoms with van der Waals surface area (Å²) in [5.74, 6) is -0.277. The summed E-state index contributed by atoms with van der Waals surface area (Å²) >= 11 is 0. The van der Waals surface area contributed by atoms with E-state index in [9.17, 15) is 4.79 Å². The van der Waals surface area contributed by atoms with Crippen molar-refractivity contribution < 1.29 is 4.79 Å². The van der Waals surface area contributed by atoms with Gasteiger partial charge in [-0.05, 0) is 30.7 Å². The van der Waals surface area contributed by atoms with Crippen LogP contribution in [-0.4, -0.2) is 20.7 Å². The number of aryl methyl sites for hydroxylation is 2. The van der Waals surface area contributed by atoms with Gasteiger partial charge in [-0.3, -0.25) is 14.5 Å². The van der Waals surface area contributed by atoms with Crippen LogP contribution in [0.25, 0.3) is 11.3 Å². The van der Waals surface area contributed by atoms with E-state index in [0.717, 1.165) is 22.5 Å². The molecule has 0 bridgehead atoms. The molecule has 6 nitrogen and oxygen atoms in total. The molecule has 3 aromatic rings. The average Bonchev–Trinajstić information content (AvgIpc) is 2.96. The minimum atomic E-state index is -0.277. The highest BCUT2D eigenvalue weighted by molar-refractivity contribution is 6.08. The molecule has 116 valence electrons. The van der Waals surface area contributed by atoms with Crippen LogP contribution in [0.5, 0.6) is 0 Å². The Morgan fingerprint density at radius 1 is 1.22 bits per heavy atom. The van der Waals surface area contributed by atoms with Crippen LogP contribution in [-0.2, 0) is 7.05 Å². The summed E-state index contributed by atoms with van der Waals surface area (Å²) < 4.78 is 1.79. The number of nitrogens with one attached hydrogen (secondary N) is 1. The second-order valence-electron chi connectivity index (χ2n) is 5.29. The van der Waals surface area contributed by atoms with Crippen LogP contribution in [0.2, 0.25) is 0 Å². The molecular formula is C17H17N5O. The summed E-state index contributed by atoms with van der Waals surface area (Å²) in [6.45, 7) is 1.94. The van der Waals surface area contributed by atoms with Crippen molar-refractivity contribution in [3.63, 3.8) is 0 Å². The van der Waals surface area contributed by atoms with Gasteiger partial charge in [0.2, 0.25) is 0 Å². The van der Waals surface area contributed by atoms with Gasteiger partial charge in [-0.15, -0.1) is 0 Å². The summed E-state index contributed by atoms with van der Waals surface area (Å²) in [7, 11) is 1.88. The quantitative estimate of drug-likeness (QED) is 0.779. The maximum absolute atomic E-state index is 12.4. The first-order valence-electron chi connectivity index (χ1n) is 7.16. The summed E-state index contributed by atoms with van der Waals surface area (Å²) in [4.78, 5) is 16.4. The highest BCUT2D eigenvalue weighted by atomic mass is 16.1. The number of carbonyl (C=O) groups is 1. The maximum atomic E-state index is 12.4. The molecule has 6 heteroatoms. The molecule has 23 heavy (non-hydrogen) atoms. The van der Waals surface area contributed by atoms with Gasteiger partial charge in [0.25, 0.3) is 5.91 Å². The molecule has 3 rings (SSSR count). The summed E-state index contributed by atoms with van der Waals surface area (Å²) in [6.07, 6.45) is 4.76. The maximum Gasteiger partial charge on any atom is 0.259 e. The number of rotatable bonds is 3. The van der Waals surface area contributed by atoms with Crippen LogP contribution >= 0.6 is 0 Å². The lowest BCUT2D eigenvalue weighted by Gasteiger charge is -2.12. The van der Waals surface area contributed by atoms with Crippen molar-refractivity contribution in [2.45, 2.75) is 6.92 Å². The third kappa shape index (κ3) is 2.91. The summed E-state index contributed by atoms with van der Waals surface area (Å²) in [6, 6.07) is 9.42. The van der Waals surface area contributed by atoms with Crippen LogP contribution in [0.4, 0.5) is 11.4 Å². The molecule has 3 N–H and O–H groups in total. The number of hydrogen-bond acceptors (Lipinski definition) is 4. The van der Waals surface area contributed by atoms with Gasteiger partial charge >= 0.3 is 0 Å². The van der Waals surface area contributed by atoms with Crippen LogP contribution < -0.4 is 11.1 Å². The third-order valence-electron chi connectivity index (χ3n) is 3.70. The molecular weight excluding hydrogens is 290 g/mol. The second-order valence-corrected chi connectivity index (χ2v) is 5.29. The molecule has 0 spiro atoms. The average molecular weight is 307 g/mol. The topological polar surface area (TPSA) is 85.8 Å². The van der Waals surface area contributed by atoms with Crippen LogP contribution in [0.3, 0.4) is 0 Å². The highest BCUT2D eigenvalue weighted by Crippen LogP contribution is 2.25. The molecule has 0 saturated carbocycles. The first-order valence-corrected chi connectivity index (χ1v) is 7.16. The second kappa shape index (κ2) is 5.92. The number of nitrogen functional groups attached to an aromatic ring is 1. The molecule has 0 saturated heterocycles. The number of amides is 1. The zero-order valence-electron chi connectivity index (χ0n) is 12.9. The van der Waals surface area contributed by atoms with E-state index in [1.54, 1.807) is 23.1 Å². The number of aromatic nitrogens is 3. The van der Waals surface area contributed by atoms with Gasteiger partial charge in [-0.1, -0.05) is 12.1 Å². The van der Waals surface area contributed by atoms with Crippen molar-refractivity contribution in [3.8, 4) is 11.3 Å². The van der Waals surface area contributed by atoms with E-state index in [1.165, 1.54) is 6.20 Å². The molecule has 1 aromatic carbocycles. The molecule has 0 radical (unpaired) electrons. The predicted molar refractivity (Wildman–Crippen MR) is 90.0 cm³/mol. The Hall–Kier alpha value is -3.15. The van der Waals surface area contributed by atoms with Crippen molar-refractivity contribution >= 4 is 17.3 Å². The Bertz CT molecular complexity index is 869. The number of nitrogens with two attached hydrogens (primary N) is 1. The zero-order valence-corrected chi connectivity index (χ0v) is 12.9. The van der Waals surface area contributed by atoms with E-state index in [4.69, 9.17) is 5.73 Å². The Labute approximate surface area is 134 Å². The number of pyridine rings is 1. The fourth-order valence-electron chi connectivity index (χ4n) is 2.36. The van der Waals surface area contributed by atoms with Crippen molar-refractivity contribution in [1.29, 1.82) is 0 Å². The summed E-state index contributed by atoms with van der Waals surface area (Å²) in [5.41, 5.74) is 10.2. The van der Waals surface area contributed by atoms with Crippen LogP contribution in [0.15, 0.2) is 48.9 Å². The predicted octanol–water partition coefficient (Wildman–Crippen LogP) is 2.63. The van der Waals surface area contributed by atoms with Crippen molar-refractivity contribution in [2.24, 2.45) is 7.05 Å². The lowest BCUT2D eigenvalue weighted by Crippen LogP contribution is -2.15. The number of hydrogen-bond donors (Lipinski definition) is 2. The van der Waals surface area contributed by atoms with E-state index >= 15 is 0 Å². The van der Waals surface area contributed by atoms with Gasteiger partial charge in [0.05, 0.1) is 11.3 Å². The van der Waals surface area contributed by atoms with Gasteiger partial charge in [0.1, 0.15) is 0 Å². The highest BCUT2D eigenvalue weighted by Gasteiger charge is 2.12. The fraction of sp³-hybridized carbons (Fsp3) is 0.118. The smallest absolute Gasteiger partial charge is 0.259 e. The van der Waals surface area contributed by atoms with E-state index in [2.05, 4.69) is 15.4 Å². The monoisotopic (exact) mass is 307 g/mol. The number of carbonyl (C=O) groups excluding carboxylic acids is 1. The van der Waals surface area contributed by atoms with E-state index in [-0.39, 0.29) is 5.91 Å². The first-order chi connectivity index (χ1) is 11.1. The van der Waals surface area contributed by atoms with E-state index < -0.39 is 0 Å². The SMILES string of the molecule is Cc1ccc(-c2ccnn2C)cc1NC(=O)c1cnccc1N. The van der Waals surface area contributed by atoms with Crippen molar-refractivity contribution in [3.05, 3.63) is 60.0 Å². The van der Waals surface area contributed by atoms with Crippen molar-refractivity contribution in [2.75, 3.05) is 11.1 Å². The third-order valence-corrected chi connectivity index (χ3v) is 3.70. The number of benzene rings is 1. The van der Waals surface area contributed by atoms with Gasteiger partial charge in [0.15, 0.2) is 0 Å². The summed E-state index contributed by atoms with van der Waals surface area (Å²) in [5, 5.41) is 7.07. The zero-order chi connectivity index (χ0) is 16.4. The van der Waals surface area contributed by atoms with E-state index in [1.807, 2.05) is 38.2 Å². The molecule has 0 atom stereocenters. The normalized spacial score (nSPS) is 10.5. The molecule has 0 aliphatic heterocycles. The Morgan fingerprint density at radius 3 is 2.74 bits per heavy atom. The minimum Gasteiger partial charge on any atom is -0.398 e. The Balaban J connectivity index is 1.93. The molecule has 0 fully saturated rings. The number of nitrogens with zero attached hydrogens (tertiary/aromatic N) is 3.